The van der Waals surface area contributed by atoms with Crippen LogP contribution in [-0.2, 0) is 22.5 Å². The summed E-state index contributed by atoms with van der Waals surface area (Å²) in [6.45, 7) is 1.18. The number of carbonyl (C=O) groups excluding carboxylic acids is 1. The van der Waals surface area contributed by atoms with E-state index in [1.165, 1.54) is 23.5 Å². The minimum absolute atomic E-state index is 0.142. The van der Waals surface area contributed by atoms with Crippen molar-refractivity contribution in [3.8, 4) is 11.5 Å². The molecule has 8 heteroatoms. The highest BCUT2D eigenvalue weighted by molar-refractivity contribution is 7.16. The number of benzene rings is 2. The van der Waals surface area contributed by atoms with E-state index in [0.717, 1.165) is 15.8 Å². The zero-order valence-electron chi connectivity index (χ0n) is 14.6. The molecule has 6 nitrogen and oxygen atoms in total. The van der Waals surface area contributed by atoms with Crippen LogP contribution in [0.4, 0.5) is 4.39 Å². The number of hydrogen-bond acceptors (Lipinski definition) is 5. The second-order valence-corrected chi connectivity index (χ2v) is 7.02. The van der Waals surface area contributed by atoms with Crippen molar-refractivity contribution in [3.63, 3.8) is 0 Å². The standard InChI is InChI=1S/C19H17FN2O4S/c1-24-7-6-22-14-4-3-13(20)10-17(14)27-19(22)21-18(23)9-12-2-5-15-16(8-12)26-11-25-15/h2-5,8,10H,6-7,9,11H2,1H3. The molecule has 0 saturated heterocycles. The number of rotatable bonds is 5. The van der Waals surface area contributed by atoms with E-state index in [9.17, 15) is 9.18 Å². The summed E-state index contributed by atoms with van der Waals surface area (Å²) >= 11 is 1.28. The Morgan fingerprint density at radius 1 is 1.26 bits per heavy atom. The normalized spacial score (nSPS) is 13.5. The Morgan fingerprint density at radius 2 is 2.11 bits per heavy atom. The maximum atomic E-state index is 13.5. The first-order chi connectivity index (χ1) is 13.1. The number of carbonyl (C=O) groups is 1. The summed E-state index contributed by atoms with van der Waals surface area (Å²) in [4.78, 5) is 17.3. The van der Waals surface area contributed by atoms with Gasteiger partial charge in [0.2, 0.25) is 6.79 Å². The Kier molecular flexibility index (Phi) is 4.91. The van der Waals surface area contributed by atoms with Gasteiger partial charge in [-0.25, -0.2) is 4.39 Å². The molecule has 1 amide bonds. The molecule has 1 aliphatic heterocycles. The van der Waals surface area contributed by atoms with E-state index in [0.29, 0.717) is 29.5 Å². The maximum Gasteiger partial charge on any atom is 0.252 e. The third kappa shape index (κ3) is 3.72. The van der Waals surface area contributed by atoms with Gasteiger partial charge in [0.05, 0.1) is 23.2 Å². The highest BCUT2D eigenvalue weighted by Gasteiger charge is 2.15. The maximum absolute atomic E-state index is 13.5. The van der Waals surface area contributed by atoms with E-state index in [1.807, 2.05) is 10.6 Å². The van der Waals surface area contributed by atoms with Crippen LogP contribution >= 0.6 is 11.3 Å². The van der Waals surface area contributed by atoms with Crippen molar-refractivity contribution in [2.45, 2.75) is 13.0 Å². The van der Waals surface area contributed by atoms with Gasteiger partial charge in [-0.2, -0.15) is 4.99 Å². The van der Waals surface area contributed by atoms with Crippen molar-refractivity contribution in [1.82, 2.24) is 4.57 Å². The molecule has 1 aliphatic rings. The van der Waals surface area contributed by atoms with Crippen LogP contribution in [0.25, 0.3) is 10.2 Å². The Hall–Kier alpha value is -2.71. The van der Waals surface area contributed by atoms with Crippen LogP contribution in [0.1, 0.15) is 5.56 Å². The largest absolute Gasteiger partial charge is 0.454 e. The molecule has 0 spiro atoms. The summed E-state index contributed by atoms with van der Waals surface area (Å²) in [7, 11) is 1.61. The molecule has 0 atom stereocenters. The molecule has 27 heavy (non-hydrogen) atoms. The number of hydrogen-bond donors (Lipinski definition) is 0. The second kappa shape index (κ2) is 7.50. The molecule has 0 fully saturated rings. The molecule has 0 radical (unpaired) electrons. The smallest absolute Gasteiger partial charge is 0.252 e. The highest BCUT2D eigenvalue weighted by Crippen LogP contribution is 2.32. The molecule has 2 aromatic carbocycles. The van der Waals surface area contributed by atoms with E-state index in [4.69, 9.17) is 14.2 Å². The van der Waals surface area contributed by atoms with Crippen LogP contribution < -0.4 is 14.3 Å². The van der Waals surface area contributed by atoms with Crippen molar-refractivity contribution < 1.29 is 23.4 Å². The number of thiazole rings is 1. The van der Waals surface area contributed by atoms with E-state index in [2.05, 4.69) is 4.99 Å². The van der Waals surface area contributed by atoms with E-state index < -0.39 is 0 Å². The molecule has 0 bridgehead atoms. The average Bonchev–Trinajstić information content (AvgIpc) is 3.23. The fraction of sp³-hybridized carbons (Fsp3) is 0.263. The van der Waals surface area contributed by atoms with Crippen LogP contribution in [0, 0.1) is 5.82 Å². The van der Waals surface area contributed by atoms with Crippen LogP contribution in [-0.4, -0.2) is 31.0 Å². The van der Waals surface area contributed by atoms with Gasteiger partial charge in [0, 0.05) is 13.7 Å². The van der Waals surface area contributed by atoms with E-state index >= 15 is 0 Å². The van der Waals surface area contributed by atoms with Crippen LogP contribution in [0.5, 0.6) is 11.5 Å². The van der Waals surface area contributed by atoms with Gasteiger partial charge < -0.3 is 18.8 Å². The third-order valence-corrected chi connectivity index (χ3v) is 5.22. The Bertz CT molecular complexity index is 1070. The number of halogens is 1. The fourth-order valence-electron chi connectivity index (χ4n) is 2.90. The average molecular weight is 388 g/mol. The summed E-state index contributed by atoms with van der Waals surface area (Å²) in [5, 5.41) is 0. The zero-order chi connectivity index (χ0) is 18.8. The molecule has 0 N–H and O–H groups in total. The van der Waals surface area contributed by atoms with Crippen molar-refractivity contribution in [2.75, 3.05) is 20.5 Å². The number of methoxy groups -OCH3 is 1. The SMILES string of the molecule is COCCn1c(=NC(=O)Cc2ccc3c(c2)OCO3)sc2cc(F)ccc21. The summed E-state index contributed by atoms with van der Waals surface area (Å²) in [6, 6.07) is 9.93. The summed E-state index contributed by atoms with van der Waals surface area (Å²) in [5.41, 5.74) is 1.62. The number of amides is 1. The molecule has 0 saturated carbocycles. The minimum atomic E-state index is -0.319. The fourth-order valence-corrected chi connectivity index (χ4v) is 4.00. The van der Waals surface area contributed by atoms with Gasteiger partial charge in [-0.3, -0.25) is 4.79 Å². The number of aromatic nitrogens is 1. The van der Waals surface area contributed by atoms with Crippen LogP contribution in [0.3, 0.4) is 0 Å². The summed E-state index contributed by atoms with van der Waals surface area (Å²) in [5.74, 6) is 0.702. The predicted octanol–water partition coefficient (Wildman–Crippen LogP) is 2.89. The number of ether oxygens (including phenoxy) is 3. The monoisotopic (exact) mass is 388 g/mol. The van der Waals surface area contributed by atoms with Gasteiger partial charge in [0.15, 0.2) is 16.3 Å². The molecule has 2 heterocycles. The first-order valence-electron chi connectivity index (χ1n) is 8.38. The van der Waals surface area contributed by atoms with E-state index in [1.54, 1.807) is 25.3 Å². The topological polar surface area (TPSA) is 62.1 Å². The number of nitrogens with zero attached hydrogens (tertiary/aromatic N) is 2. The number of fused-ring (bicyclic) bond motifs is 2. The molecule has 0 unspecified atom stereocenters. The highest BCUT2D eigenvalue weighted by atomic mass is 32.1. The Balaban J connectivity index is 1.65. The molecule has 4 rings (SSSR count). The van der Waals surface area contributed by atoms with Crippen molar-refractivity contribution in [3.05, 3.63) is 52.6 Å². The first-order valence-corrected chi connectivity index (χ1v) is 9.19. The van der Waals surface area contributed by atoms with E-state index in [-0.39, 0.29) is 24.9 Å². The lowest BCUT2D eigenvalue weighted by Crippen LogP contribution is -2.19. The molecule has 3 aromatic rings. The van der Waals surface area contributed by atoms with Crippen molar-refractivity contribution in [1.29, 1.82) is 0 Å². The molecule has 0 aliphatic carbocycles. The molecule has 1 aromatic heterocycles. The summed E-state index contributed by atoms with van der Waals surface area (Å²) in [6.07, 6.45) is 0.142. The Morgan fingerprint density at radius 3 is 2.96 bits per heavy atom. The molecular weight excluding hydrogens is 371 g/mol. The predicted molar refractivity (Wildman–Crippen MR) is 98.5 cm³/mol. The van der Waals surface area contributed by atoms with Gasteiger partial charge in [0.1, 0.15) is 5.82 Å². The lowest BCUT2D eigenvalue weighted by molar-refractivity contribution is -0.117. The van der Waals surface area contributed by atoms with Crippen LogP contribution in [0.15, 0.2) is 41.4 Å². The quantitative estimate of drug-likeness (QED) is 0.674. The van der Waals surface area contributed by atoms with Crippen molar-refractivity contribution in [2.24, 2.45) is 4.99 Å². The zero-order valence-corrected chi connectivity index (χ0v) is 15.4. The molecule has 140 valence electrons. The lowest BCUT2D eigenvalue weighted by atomic mass is 10.1. The molecular formula is C19H17FN2O4S. The van der Waals surface area contributed by atoms with Gasteiger partial charge in [-0.1, -0.05) is 17.4 Å². The Labute approximate surface area is 158 Å². The third-order valence-electron chi connectivity index (χ3n) is 4.18. The van der Waals surface area contributed by atoms with Gasteiger partial charge >= 0.3 is 0 Å². The van der Waals surface area contributed by atoms with Gasteiger partial charge in [-0.05, 0) is 35.9 Å². The lowest BCUT2D eigenvalue weighted by Gasteiger charge is -2.04. The van der Waals surface area contributed by atoms with Crippen LogP contribution in [0.2, 0.25) is 0 Å². The second-order valence-electron chi connectivity index (χ2n) is 6.01. The minimum Gasteiger partial charge on any atom is -0.454 e. The van der Waals surface area contributed by atoms with Gasteiger partial charge in [0.25, 0.3) is 5.91 Å². The first kappa shape index (κ1) is 17.7. The van der Waals surface area contributed by atoms with Crippen molar-refractivity contribution >= 4 is 27.5 Å². The van der Waals surface area contributed by atoms with Gasteiger partial charge in [-0.15, -0.1) is 0 Å². The summed E-state index contributed by atoms with van der Waals surface area (Å²) < 4.78 is 31.9.